The minimum absolute atomic E-state index is 1.27. The van der Waals surface area contributed by atoms with Crippen molar-refractivity contribution in [2.45, 2.75) is 0 Å². The molecule has 0 saturated carbocycles. The van der Waals surface area contributed by atoms with E-state index in [1.54, 1.807) is 0 Å². The number of para-hydroxylation sites is 1. The Morgan fingerprint density at radius 2 is 1.15 bits per heavy atom. The van der Waals surface area contributed by atoms with Gasteiger partial charge in [-0.25, -0.2) is 0 Å². The normalized spacial score (nSPS) is 12.3. The van der Waals surface area contributed by atoms with Crippen molar-refractivity contribution in [2.75, 3.05) is 0 Å². The first-order valence-electron chi connectivity index (χ1n) is 11.8. The van der Waals surface area contributed by atoms with Crippen LogP contribution in [-0.2, 0) is 7.05 Å². The molecule has 0 bridgehead atoms. The Morgan fingerprint density at radius 3 is 2.03 bits per heavy atom. The summed E-state index contributed by atoms with van der Waals surface area (Å²) in [4.78, 5) is 0. The van der Waals surface area contributed by atoms with E-state index >= 15 is 0 Å². The zero-order chi connectivity index (χ0) is 22.4. The minimum Gasteiger partial charge on any atom is -0.343 e. The molecule has 0 aliphatic rings. The molecule has 0 radical (unpaired) electrons. The van der Waals surface area contributed by atoms with Crippen LogP contribution < -0.4 is 0 Å². The van der Waals surface area contributed by atoms with Crippen molar-refractivity contribution >= 4 is 64.9 Å². The Morgan fingerprint density at radius 1 is 0.471 bits per heavy atom. The second-order valence-electron chi connectivity index (χ2n) is 9.44. The van der Waals surface area contributed by atoms with Crippen molar-refractivity contribution in [3.8, 4) is 11.1 Å². The van der Waals surface area contributed by atoms with E-state index < -0.39 is 0 Å². The molecule has 0 amide bonds. The molecule has 0 fully saturated rings. The van der Waals surface area contributed by atoms with E-state index in [0.717, 1.165) is 0 Å². The molecule has 7 aromatic carbocycles. The van der Waals surface area contributed by atoms with Crippen LogP contribution in [0.5, 0.6) is 0 Å². The predicted molar refractivity (Wildman–Crippen MR) is 147 cm³/mol. The van der Waals surface area contributed by atoms with Gasteiger partial charge in [-0.15, -0.1) is 0 Å². The van der Waals surface area contributed by atoms with Crippen LogP contribution in [0.4, 0.5) is 0 Å². The first-order chi connectivity index (χ1) is 16.8. The fourth-order valence-corrected chi connectivity index (χ4v) is 6.16. The molecular weight excluding hydrogens is 410 g/mol. The molecule has 1 aromatic heterocycles. The zero-order valence-corrected chi connectivity index (χ0v) is 18.8. The zero-order valence-electron chi connectivity index (χ0n) is 18.8. The van der Waals surface area contributed by atoms with Crippen molar-refractivity contribution in [2.24, 2.45) is 7.05 Å². The lowest BCUT2D eigenvalue weighted by Gasteiger charge is -2.14. The number of fused-ring (bicyclic) bond motifs is 5. The second-order valence-corrected chi connectivity index (χ2v) is 9.44. The van der Waals surface area contributed by atoms with Gasteiger partial charge in [-0.05, 0) is 61.0 Å². The third-order valence-corrected chi connectivity index (χ3v) is 7.72. The number of aryl methyl sites for hydroxylation is 1. The maximum atomic E-state index is 2.36. The summed E-state index contributed by atoms with van der Waals surface area (Å²) in [6.07, 6.45) is 0. The number of hydrogen-bond donors (Lipinski definition) is 0. The summed E-state index contributed by atoms with van der Waals surface area (Å²) in [6.45, 7) is 0. The largest absolute Gasteiger partial charge is 0.343 e. The van der Waals surface area contributed by atoms with Gasteiger partial charge in [0.05, 0.1) is 5.52 Å². The van der Waals surface area contributed by atoms with Crippen molar-refractivity contribution in [3.63, 3.8) is 0 Å². The number of rotatable bonds is 1. The summed E-state index contributed by atoms with van der Waals surface area (Å²) >= 11 is 0. The van der Waals surface area contributed by atoms with Crippen molar-refractivity contribution in [1.82, 2.24) is 4.57 Å². The van der Waals surface area contributed by atoms with Gasteiger partial charge in [0.1, 0.15) is 0 Å². The van der Waals surface area contributed by atoms with Crippen molar-refractivity contribution in [1.29, 1.82) is 0 Å². The van der Waals surface area contributed by atoms with Crippen LogP contribution in [-0.4, -0.2) is 4.57 Å². The molecule has 0 unspecified atom stereocenters. The number of benzene rings is 7. The van der Waals surface area contributed by atoms with Crippen molar-refractivity contribution < 1.29 is 0 Å². The van der Waals surface area contributed by atoms with Gasteiger partial charge < -0.3 is 4.57 Å². The minimum atomic E-state index is 1.27. The summed E-state index contributed by atoms with van der Waals surface area (Å²) in [7, 11) is 2.18. The Labute approximate surface area is 196 Å². The average Bonchev–Trinajstić information content (AvgIpc) is 3.19. The number of hydrogen-bond acceptors (Lipinski definition) is 0. The molecular formula is C33H21N. The molecule has 8 rings (SSSR count). The van der Waals surface area contributed by atoms with Crippen molar-refractivity contribution in [3.05, 3.63) is 109 Å². The van der Waals surface area contributed by atoms with E-state index in [2.05, 4.69) is 121 Å². The molecule has 0 saturated heterocycles. The molecule has 1 nitrogen and oxygen atoms in total. The van der Waals surface area contributed by atoms with Crippen LogP contribution >= 0.6 is 0 Å². The monoisotopic (exact) mass is 431 g/mol. The molecule has 1 heteroatoms. The lowest BCUT2D eigenvalue weighted by molar-refractivity contribution is 1.02. The lowest BCUT2D eigenvalue weighted by Crippen LogP contribution is -1.89. The molecule has 1 heterocycles. The van der Waals surface area contributed by atoms with Gasteiger partial charge in [-0.2, -0.15) is 0 Å². The summed E-state index contributed by atoms with van der Waals surface area (Å²) < 4.78 is 2.34. The summed E-state index contributed by atoms with van der Waals surface area (Å²) in [5, 5.41) is 13.2. The summed E-state index contributed by atoms with van der Waals surface area (Å²) in [5.41, 5.74) is 5.15. The summed E-state index contributed by atoms with van der Waals surface area (Å²) in [6, 6.07) is 40.5. The highest BCUT2D eigenvalue weighted by Crippen LogP contribution is 2.40. The first-order valence-corrected chi connectivity index (χ1v) is 11.8. The second kappa shape index (κ2) is 6.36. The molecule has 34 heavy (non-hydrogen) atoms. The SMILES string of the molecule is Cn1c2ccccc2c2ccc3cc(-c4ccc5ccc6cccc7ccc4c5c67)ccc3c21. The highest BCUT2D eigenvalue weighted by molar-refractivity contribution is 6.26. The van der Waals surface area contributed by atoms with E-state index in [-0.39, 0.29) is 0 Å². The Hall–Kier alpha value is -4.36. The van der Waals surface area contributed by atoms with Crippen LogP contribution in [0.1, 0.15) is 0 Å². The molecule has 0 spiro atoms. The first kappa shape index (κ1) is 18.1. The van der Waals surface area contributed by atoms with Gasteiger partial charge in [-0.1, -0.05) is 97.1 Å². The highest BCUT2D eigenvalue weighted by Gasteiger charge is 2.14. The van der Waals surface area contributed by atoms with E-state index in [9.17, 15) is 0 Å². The molecule has 8 aromatic rings. The van der Waals surface area contributed by atoms with Crippen LogP contribution in [0.3, 0.4) is 0 Å². The molecule has 158 valence electrons. The molecule has 0 aliphatic carbocycles. The predicted octanol–water partition coefficient (Wildman–Crippen LogP) is 9.05. The highest BCUT2D eigenvalue weighted by atomic mass is 14.9. The van der Waals surface area contributed by atoms with Gasteiger partial charge >= 0.3 is 0 Å². The average molecular weight is 432 g/mol. The van der Waals surface area contributed by atoms with Gasteiger partial charge in [0.25, 0.3) is 0 Å². The Kier molecular flexibility index (Phi) is 3.39. The van der Waals surface area contributed by atoms with Gasteiger partial charge in [-0.3, -0.25) is 0 Å². The van der Waals surface area contributed by atoms with Crippen LogP contribution in [0, 0.1) is 0 Å². The molecule has 0 N–H and O–H groups in total. The van der Waals surface area contributed by atoms with E-state index in [1.807, 2.05) is 0 Å². The maximum absolute atomic E-state index is 2.36. The fourth-order valence-electron chi connectivity index (χ4n) is 6.16. The van der Waals surface area contributed by atoms with Gasteiger partial charge in [0.2, 0.25) is 0 Å². The third-order valence-electron chi connectivity index (χ3n) is 7.72. The topological polar surface area (TPSA) is 4.93 Å². The van der Waals surface area contributed by atoms with Gasteiger partial charge in [0, 0.05) is 28.7 Å². The van der Waals surface area contributed by atoms with E-state index in [4.69, 9.17) is 0 Å². The Balaban J connectivity index is 1.43. The van der Waals surface area contributed by atoms with Crippen LogP contribution in [0.2, 0.25) is 0 Å². The standard InChI is InChI=1S/C33H21N/c1-34-30-8-3-2-7-27(30)29-18-14-24-19-23(13-16-26(24)33(29)34)25-15-11-22-10-9-20-5-4-6-21-12-17-28(25)32(22)31(20)21/h2-19H,1H3. The van der Waals surface area contributed by atoms with Gasteiger partial charge in [0.15, 0.2) is 0 Å². The molecule has 0 aliphatic heterocycles. The number of aromatic nitrogens is 1. The summed E-state index contributed by atoms with van der Waals surface area (Å²) in [5.74, 6) is 0. The maximum Gasteiger partial charge on any atom is 0.0568 e. The Bertz CT molecular complexity index is 2060. The number of nitrogens with zero attached hydrogens (tertiary/aromatic N) is 1. The lowest BCUT2D eigenvalue weighted by atomic mass is 9.89. The smallest absolute Gasteiger partial charge is 0.0568 e. The van der Waals surface area contributed by atoms with Crippen LogP contribution in [0.15, 0.2) is 109 Å². The van der Waals surface area contributed by atoms with E-state index in [1.165, 1.54) is 76.0 Å². The van der Waals surface area contributed by atoms with Crippen LogP contribution in [0.25, 0.3) is 76.0 Å². The molecule has 0 atom stereocenters. The third kappa shape index (κ3) is 2.24. The van der Waals surface area contributed by atoms with E-state index in [0.29, 0.717) is 0 Å². The fraction of sp³-hybridized carbons (Fsp3) is 0.0303. The quantitative estimate of drug-likeness (QED) is 0.228.